The molecule has 3 heteroatoms. The lowest BCUT2D eigenvalue weighted by atomic mass is 10.0. The van der Waals surface area contributed by atoms with Gasteiger partial charge in [0.05, 0.1) is 13.2 Å². The minimum atomic E-state index is 0.889. The second-order valence-corrected chi connectivity index (χ2v) is 5.98. The first-order valence-electron chi connectivity index (χ1n) is 8.53. The average Bonchev–Trinajstić information content (AvgIpc) is 3.34. The van der Waals surface area contributed by atoms with Crippen LogP contribution >= 0.6 is 0 Å². The Hall–Kier alpha value is -0.380. The molecule has 1 atom stereocenters. The molecule has 116 valence electrons. The van der Waals surface area contributed by atoms with Crippen LogP contribution in [-0.2, 0) is 9.47 Å². The SMILES string of the molecule is C1=C2CCCCC12.C1CCCOCC1.C1COCCN1. The van der Waals surface area contributed by atoms with E-state index in [0.717, 1.165) is 45.4 Å². The van der Waals surface area contributed by atoms with E-state index in [2.05, 4.69) is 11.4 Å². The van der Waals surface area contributed by atoms with Crippen molar-refractivity contribution >= 4 is 0 Å². The summed E-state index contributed by atoms with van der Waals surface area (Å²) in [5.41, 5.74) is 1.76. The highest BCUT2D eigenvalue weighted by molar-refractivity contribution is 5.30. The fourth-order valence-corrected chi connectivity index (χ4v) is 2.82. The van der Waals surface area contributed by atoms with E-state index in [1.165, 1.54) is 51.4 Å². The maximum atomic E-state index is 5.19. The number of allylic oxidation sites excluding steroid dienone is 2. The summed E-state index contributed by atoms with van der Waals surface area (Å²) in [6.45, 7) is 5.83. The van der Waals surface area contributed by atoms with Gasteiger partial charge in [0.2, 0.25) is 0 Å². The van der Waals surface area contributed by atoms with Gasteiger partial charge in [-0.3, -0.25) is 0 Å². The van der Waals surface area contributed by atoms with Gasteiger partial charge in [0.1, 0.15) is 0 Å². The Balaban J connectivity index is 0.000000111. The number of rotatable bonds is 0. The van der Waals surface area contributed by atoms with Gasteiger partial charge in [0.25, 0.3) is 0 Å². The lowest BCUT2D eigenvalue weighted by Crippen LogP contribution is -2.30. The highest BCUT2D eigenvalue weighted by Crippen LogP contribution is 2.41. The summed E-state index contributed by atoms with van der Waals surface area (Å²) in [5.74, 6) is 0.994. The average molecular weight is 281 g/mol. The molecule has 2 heterocycles. The van der Waals surface area contributed by atoms with Crippen LogP contribution in [0.4, 0.5) is 0 Å². The summed E-state index contributed by atoms with van der Waals surface area (Å²) >= 11 is 0. The van der Waals surface area contributed by atoms with Gasteiger partial charge in [-0.2, -0.15) is 0 Å². The Morgan fingerprint density at radius 2 is 1.50 bits per heavy atom. The first-order chi connectivity index (χ1) is 9.97. The van der Waals surface area contributed by atoms with Crippen LogP contribution < -0.4 is 5.32 Å². The molecule has 2 aliphatic carbocycles. The normalized spacial score (nSPS) is 28.4. The summed E-state index contributed by atoms with van der Waals surface area (Å²) in [4.78, 5) is 0. The molecule has 3 fully saturated rings. The molecule has 4 rings (SSSR count). The molecular weight excluding hydrogens is 250 g/mol. The van der Waals surface area contributed by atoms with Gasteiger partial charge in [-0.1, -0.05) is 30.9 Å². The van der Waals surface area contributed by atoms with Crippen molar-refractivity contribution in [3.8, 4) is 0 Å². The summed E-state index contributed by atoms with van der Waals surface area (Å²) in [5, 5.41) is 3.16. The number of ether oxygens (including phenoxy) is 2. The lowest BCUT2D eigenvalue weighted by Gasteiger charge is -2.10. The van der Waals surface area contributed by atoms with Crippen LogP contribution in [0.1, 0.15) is 51.4 Å². The summed E-state index contributed by atoms with van der Waals surface area (Å²) < 4.78 is 10.2. The van der Waals surface area contributed by atoms with Crippen molar-refractivity contribution in [1.82, 2.24) is 5.32 Å². The van der Waals surface area contributed by atoms with Crippen molar-refractivity contribution in [1.29, 1.82) is 0 Å². The van der Waals surface area contributed by atoms with Gasteiger partial charge >= 0.3 is 0 Å². The minimum Gasteiger partial charge on any atom is -0.381 e. The molecule has 2 saturated heterocycles. The number of fused-ring (bicyclic) bond motifs is 1. The van der Waals surface area contributed by atoms with E-state index in [9.17, 15) is 0 Å². The van der Waals surface area contributed by atoms with Crippen LogP contribution in [0.2, 0.25) is 0 Å². The fourth-order valence-electron chi connectivity index (χ4n) is 2.82. The Kier molecular flexibility index (Phi) is 8.29. The minimum absolute atomic E-state index is 0.889. The first-order valence-corrected chi connectivity index (χ1v) is 8.53. The smallest absolute Gasteiger partial charge is 0.0591 e. The topological polar surface area (TPSA) is 30.5 Å². The molecular formula is C17H31NO2. The van der Waals surface area contributed by atoms with Gasteiger partial charge in [-0.05, 0) is 38.0 Å². The predicted octanol–water partition coefficient (Wildman–Crippen LogP) is 3.30. The molecule has 1 N–H and O–H groups in total. The van der Waals surface area contributed by atoms with E-state index in [0.29, 0.717) is 0 Å². The van der Waals surface area contributed by atoms with Crippen LogP contribution in [-0.4, -0.2) is 39.5 Å². The van der Waals surface area contributed by atoms with Gasteiger partial charge in [0, 0.05) is 26.3 Å². The third-order valence-electron chi connectivity index (χ3n) is 4.19. The van der Waals surface area contributed by atoms with Crippen LogP contribution in [0.15, 0.2) is 11.6 Å². The Morgan fingerprint density at radius 1 is 0.800 bits per heavy atom. The van der Waals surface area contributed by atoms with Crippen molar-refractivity contribution in [3.63, 3.8) is 0 Å². The standard InChI is InChI=1S/C7H10.C6H12O.C4H9NO/c1-2-4-7-5-6(7)3-1;1-2-4-6-7-5-3-1;1-3-6-4-2-5-1/h5-6H,1-4H2;1-6H2;5H,1-4H2. The van der Waals surface area contributed by atoms with Crippen molar-refractivity contribution in [3.05, 3.63) is 11.6 Å². The second-order valence-electron chi connectivity index (χ2n) is 5.98. The molecule has 1 unspecified atom stereocenters. The fraction of sp³-hybridized carbons (Fsp3) is 0.882. The molecule has 0 bridgehead atoms. The second kappa shape index (κ2) is 10.4. The molecule has 0 aromatic carbocycles. The molecule has 20 heavy (non-hydrogen) atoms. The monoisotopic (exact) mass is 281 g/mol. The highest BCUT2D eigenvalue weighted by atomic mass is 16.5. The third-order valence-corrected chi connectivity index (χ3v) is 4.19. The van der Waals surface area contributed by atoms with Crippen molar-refractivity contribution in [2.45, 2.75) is 51.4 Å². The number of hydrogen-bond donors (Lipinski definition) is 1. The Labute approximate surface area is 124 Å². The van der Waals surface area contributed by atoms with Gasteiger partial charge in [0.15, 0.2) is 0 Å². The Bertz CT molecular complexity index is 243. The first kappa shape index (κ1) is 16.0. The molecule has 4 aliphatic rings. The molecule has 2 aliphatic heterocycles. The van der Waals surface area contributed by atoms with Crippen LogP contribution in [0.25, 0.3) is 0 Å². The molecule has 0 radical (unpaired) electrons. The van der Waals surface area contributed by atoms with E-state index in [1.54, 1.807) is 5.57 Å². The lowest BCUT2D eigenvalue weighted by molar-refractivity contribution is 0.109. The molecule has 0 aromatic rings. The zero-order valence-electron chi connectivity index (χ0n) is 12.9. The number of morpholine rings is 1. The maximum absolute atomic E-state index is 5.19. The van der Waals surface area contributed by atoms with Crippen LogP contribution in [0.3, 0.4) is 0 Å². The maximum Gasteiger partial charge on any atom is 0.0591 e. The van der Waals surface area contributed by atoms with E-state index < -0.39 is 0 Å². The third kappa shape index (κ3) is 7.41. The van der Waals surface area contributed by atoms with E-state index in [-0.39, 0.29) is 0 Å². The number of nitrogens with one attached hydrogen (secondary N) is 1. The van der Waals surface area contributed by atoms with Crippen molar-refractivity contribution in [2.24, 2.45) is 5.92 Å². The van der Waals surface area contributed by atoms with E-state index in [1.807, 2.05) is 0 Å². The summed E-state index contributed by atoms with van der Waals surface area (Å²) in [6, 6.07) is 0. The zero-order valence-corrected chi connectivity index (χ0v) is 12.9. The van der Waals surface area contributed by atoms with Gasteiger partial charge < -0.3 is 14.8 Å². The molecule has 1 saturated carbocycles. The highest BCUT2D eigenvalue weighted by Gasteiger charge is 2.26. The van der Waals surface area contributed by atoms with E-state index in [4.69, 9.17) is 9.47 Å². The molecule has 0 spiro atoms. The van der Waals surface area contributed by atoms with Crippen molar-refractivity contribution in [2.75, 3.05) is 39.5 Å². The molecule has 3 nitrogen and oxygen atoms in total. The predicted molar refractivity (Wildman–Crippen MR) is 83.0 cm³/mol. The summed E-state index contributed by atoms with van der Waals surface area (Å²) in [7, 11) is 0. The zero-order chi connectivity index (χ0) is 13.9. The summed E-state index contributed by atoms with van der Waals surface area (Å²) in [6.07, 6.45) is 13.6. The molecule has 0 aromatic heterocycles. The van der Waals surface area contributed by atoms with E-state index >= 15 is 0 Å². The van der Waals surface area contributed by atoms with Gasteiger partial charge in [-0.15, -0.1) is 0 Å². The Morgan fingerprint density at radius 3 is 1.95 bits per heavy atom. The van der Waals surface area contributed by atoms with Gasteiger partial charge in [-0.25, -0.2) is 0 Å². The van der Waals surface area contributed by atoms with Crippen molar-refractivity contribution < 1.29 is 9.47 Å². The van der Waals surface area contributed by atoms with Crippen LogP contribution in [0, 0.1) is 5.92 Å². The van der Waals surface area contributed by atoms with Crippen LogP contribution in [0.5, 0.6) is 0 Å². The number of hydrogen-bond acceptors (Lipinski definition) is 3. The largest absolute Gasteiger partial charge is 0.381 e. The molecule has 0 amide bonds. The quantitative estimate of drug-likeness (QED) is 0.691.